The van der Waals surface area contributed by atoms with E-state index in [0.29, 0.717) is 24.5 Å². The number of hydrogen-bond donors (Lipinski definition) is 2. The van der Waals surface area contributed by atoms with Crippen molar-refractivity contribution in [1.82, 2.24) is 0 Å². The van der Waals surface area contributed by atoms with Gasteiger partial charge in [0.2, 0.25) is 0 Å². The van der Waals surface area contributed by atoms with E-state index in [1.807, 2.05) is 6.07 Å². The molecule has 0 heterocycles. The van der Waals surface area contributed by atoms with Gasteiger partial charge >= 0.3 is 0 Å². The van der Waals surface area contributed by atoms with Crippen LogP contribution < -0.4 is 10.5 Å². The second-order valence-corrected chi connectivity index (χ2v) is 4.96. The van der Waals surface area contributed by atoms with Crippen LogP contribution >= 0.6 is 15.9 Å². The Morgan fingerprint density at radius 3 is 2.73 bits per heavy atom. The third-order valence-electron chi connectivity index (χ3n) is 1.93. The SMILES string of the molecule is CC(C)(O)CCOc1cc(N)ccc1Br. The molecule has 0 aliphatic carbocycles. The van der Waals surface area contributed by atoms with Crippen molar-refractivity contribution < 1.29 is 9.84 Å². The molecule has 0 aromatic heterocycles. The molecule has 4 heteroatoms. The summed E-state index contributed by atoms with van der Waals surface area (Å²) in [6, 6.07) is 5.40. The number of nitrogen functional groups attached to an aromatic ring is 1. The normalized spacial score (nSPS) is 11.5. The van der Waals surface area contributed by atoms with Crippen molar-refractivity contribution in [1.29, 1.82) is 0 Å². The zero-order chi connectivity index (χ0) is 11.5. The molecule has 0 saturated carbocycles. The molecule has 0 amide bonds. The van der Waals surface area contributed by atoms with Gasteiger partial charge in [-0.25, -0.2) is 0 Å². The summed E-state index contributed by atoms with van der Waals surface area (Å²) in [6.07, 6.45) is 0.578. The third-order valence-corrected chi connectivity index (χ3v) is 2.58. The van der Waals surface area contributed by atoms with Crippen LogP contribution in [0.15, 0.2) is 22.7 Å². The number of nitrogens with two attached hydrogens (primary N) is 1. The number of ether oxygens (including phenoxy) is 1. The molecule has 84 valence electrons. The van der Waals surface area contributed by atoms with E-state index in [0.717, 1.165) is 4.47 Å². The summed E-state index contributed by atoms with van der Waals surface area (Å²) in [7, 11) is 0. The van der Waals surface area contributed by atoms with Gasteiger partial charge in [-0.3, -0.25) is 0 Å². The molecule has 1 rings (SSSR count). The van der Waals surface area contributed by atoms with E-state index < -0.39 is 5.60 Å². The zero-order valence-corrected chi connectivity index (χ0v) is 10.5. The minimum absolute atomic E-state index is 0.464. The fourth-order valence-electron chi connectivity index (χ4n) is 1.04. The van der Waals surface area contributed by atoms with E-state index in [2.05, 4.69) is 15.9 Å². The van der Waals surface area contributed by atoms with Crippen molar-refractivity contribution in [3.63, 3.8) is 0 Å². The summed E-state index contributed by atoms with van der Waals surface area (Å²) in [5.74, 6) is 0.708. The summed E-state index contributed by atoms with van der Waals surface area (Å²) in [5, 5.41) is 9.50. The molecule has 3 N–H and O–H groups in total. The highest BCUT2D eigenvalue weighted by atomic mass is 79.9. The summed E-state index contributed by atoms with van der Waals surface area (Å²) < 4.78 is 6.37. The minimum Gasteiger partial charge on any atom is -0.492 e. The van der Waals surface area contributed by atoms with Crippen LogP contribution in [0, 0.1) is 0 Å². The van der Waals surface area contributed by atoms with E-state index in [-0.39, 0.29) is 0 Å². The van der Waals surface area contributed by atoms with Gasteiger partial charge in [-0.15, -0.1) is 0 Å². The number of aliphatic hydroxyl groups is 1. The lowest BCUT2D eigenvalue weighted by atomic mass is 10.1. The molecular weight excluding hydrogens is 258 g/mol. The number of anilines is 1. The van der Waals surface area contributed by atoms with E-state index in [9.17, 15) is 5.11 Å². The molecule has 0 unspecified atom stereocenters. The summed E-state index contributed by atoms with van der Waals surface area (Å²) in [4.78, 5) is 0. The van der Waals surface area contributed by atoms with Crippen LogP contribution in [0.5, 0.6) is 5.75 Å². The van der Waals surface area contributed by atoms with Gasteiger partial charge in [-0.1, -0.05) is 0 Å². The van der Waals surface area contributed by atoms with Gasteiger partial charge in [0.25, 0.3) is 0 Å². The molecule has 3 nitrogen and oxygen atoms in total. The van der Waals surface area contributed by atoms with Crippen molar-refractivity contribution in [3.8, 4) is 5.75 Å². The lowest BCUT2D eigenvalue weighted by molar-refractivity contribution is 0.0552. The minimum atomic E-state index is -0.702. The van der Waals surface area contributed by atoms with Crippen LogP contribution in [0.1, 0.15) is 20.3 Å². The lowest BCUT2D eigenvalue weighted by Crippen LogP contribution is -2.21. The number of hydrogen-bond acceptors (Lipinski definition) is 3. The monoisotopic (exact) mass is 273 g/mol. The van der Waals surface area contributed by atoms with Crippen molar-refractivity contribution in [2.24, 2.45) is 0 Å². The van der Waals surface area contributed by atoms with Crippen molar-refractivity contribution >= 4 is 21.6 Å². The van der Waals surface area contributed by atoms with Gasteiger partial charge in [0.15, 0.2) is 0 Å². The predicted molar refractivity (Wildman–Crippen MR) is 65.0 cm³/mol. The average Bonchev–Trinajstić information content (AvgIpc) is 2.09. The molecule has 1 aromatic carbocycles. The first-order valence-electron chi connectivity index (χ1n) is 4.79. The molecule has 0 atom stereocenters. The first kappa shape index (κ1) is 12.3. The Hall–Kier alpha value is -0.740. The van der Waals surface area contributed by atoms with Gasteiger partial charge in [-0.05, 0) is 41.9 Å². The molecule has 0 radical (unpaired) electrons. The molecule has 0 spiro atoms. The Labute approximate surface area is 98.4 Å². The topological polar surface area (TPSA) is 55.5 Å². The molecule has 0 fully saturated rings. The van der Waals surface area contributed by atoms with Crippen LogP contribution in [-0.4, -0.2) is 17.3 Å². The van der Waals surface area contributed by atoms with Crippen LogP contribution in [0.2, 0.25) is 0 Å². The maximum Gasteiger partial charge on any atom is 0.135 e. The molecule has 0 aliphatic rings. The zero-order valence-electron chi connectivity index (χ0n) is 8.96. The van der Waals surface area contributed by atoms with Gasteiger partial charge in [0.05, 0.1) is 16.7 Å². The highest BCUT2D eigenvalue weighted by Crippen LogP contribution is 2.27. The number of rotatable bonds is 4. The average molecular weight is 274 g/mol. The Morgan fingerprint density at radius 2 is 2.13 bits per heavy atom. The maximum atomic E-state index is 9.50. The fourth-order valence-corrected chi connectivity index (χ4v) is 1.40. The summed E-state index contributed by atoms with van der Waals surface area (Å²) in [5.41, 5.74) is 5.60. The highest BCUT2D eigenvalue weighted by Gasteiger charge is 2.12. The molecular formula is C11H16BrNO2. The Bertz CT molecular complexity index is 334. The Kier molecular flexibility index (Phi) is 3.99. The summed E-state index contributed by atoms with van der Waals surface area (Å²) >= 11 is 3.37. The van der Waals surface area contributed by atoms with Crippen molar-refractivity contribution in [2.45, 2.75) is 25.9 Å². The van der Waals surface area contributed by atoms with Crippen LogP contribution in [-0.2, 0) is 0 Å². The van der Waals surface area contributed by atoms with Crippen molar-refractivity contribution in [2.75, 3.05) is 12.3 Å². The first-order chi connectivity index (χ1) is 6.88. The van der Waals surface area contributed by atoms with Crippen LogP contribution in [0.25, 0.3) is 0 Å². The summed E-state index contributed by atoms with van der Waals surface area (Å²) in [6.45, 7) is 3.97. The second kappa shape index (κ2) is 4.86. The van der Waals surface area contributed by atoms with E-state index in [1.54, 1.807) is 26.0 Å². The van der Waals surface area contributed by atoms with E-state index in [1.165, 1.54) is 0 Å². The van der Waals surface area contributed by atoms with Gasteiger partial charge < -0.3 is 15.6 Å². The number of halogens is 1. The van der Waals surface area contributed by atoms with Gasteiger partial charge in [0.1, 0.15) is 5.75 Å². The third kappa shape index (κ3) is 4.53. The molecule has 15 heavy (non-hydrogen) atoms. The highest BCUT2D eigenvalue weighted by molar-refractivity contribution is 9.10. The van der Waals surface area contributed by atoms with E-state index in [4.69, 9.17) is 10.5 Å². The van der Waals surface area contributed by atoms with Crippen molar-refractivity contribution in [3.05, 3.63) is 22.7 Å². The quantitative estimate of drug-likeness (QED) is 0.830. The predicted octanol–water partition coefficient (Wildman–Crippen LogP) is 2.57. The fraction of sp³-hybridized carbons (Fsp3) is 0.455. The largest absolute Gasteiger partial charge is 0.492 e. The van der Waals surface area contributed by atoms with Gasteiger partial charge in [0, 0.05) is 18.2 Å². The molecule has 0 aliphatic heterocycles. The maximum absolute atomic E-state index is 9.50. The lowest BCUT2D eigenvalue weighted by Gasteiger charge is -2.17. The second-order valence-electron chi connectivity index (χ2n) is 4.10. The molecule has 0 saturated heterocycles. The Balaban J connectivity index is 2.54. The Morgan fingerprint density at radius 1 is 1.47 bits per heavy atom. The molecule has 1 aromatic rings. The standard InChI is InChI=1S/C11H16BrNO2/c1-11(2,14)5-6-15-10-7-8(13)3-4-9(10)12/h3-4,7,14H,5-6,13H2,1-2H3. The van der Waals surface area contributed by atoms with Gasteiger partial charge in [-0.2, -0.15) is 0 Å². The van der Waals surface area contributed by atoms with Crippen LogP contribution in [0.3, 0.4) is 0 Å². The smallest absolute Gasteiger partial charge is 0.135 e. The number of benzene rings is 1. The van der Waals surface area contributed by atoms with Crippen LogP contribution in [0.4, 0.5) is 5.69 Å². The molecule has 0 bridgehead atoms. The van der Waals surface area contributed by atoms with E-state index >= 15 is 0 Å². The first-order valence-corrected chi connectivity index (χ1v) is 5.58.